The van der Waals surface area contributed by atoms with E-state index in [1.807, 2.05) is 0 Å². The molecule has 0 saturated heterocycles. The number of nitrogens with one attached hydrogen (secondary N) is 1. The van der Waals surface area contributed by atoms with E-state index in [1.165, 1.54) is 19.2 Å². The number of H-pyrrole nitrogens is 1. The molecule has 0 unspecified atom stereocenters. The topological polar surface area (TPSA) is 119 Å². The minimum atomic E-state index is -1.23. The van der Waals surface area contributed by atoms with Crippen LogP contribution in [0.2, 0.25) is 0 Å². The van der Waals surface area contributed by atoms with Gasteiger partial charge in [-0.05, 0) is 12.1 Å². The number of fused-ring (bicyclic) bond motifs is 1. The van der Waals surface area contributed by atoms with Crippen LogP contribution in [0.1, 0.15) is 31.1 Å². The van der Waals surface area contributed by atoms with Crippen molar-refractivity contribution in [1.82, 2.24) is 14.6 Å². The Morgan fingerprint density at radius 2 is 1.61 bits per heavy atom. The van der Waals surface area contributed by atoms with Crippen LogP contribution < -0.4 is 11.2 Å². The number of amides is 2. The van der Waals surface area contributed by atoms with Crippen molar-refractivity contribution >= 4 is 17.8 Å². The maximum absolute atomic E-state index is 12.1. The van der Waals surface area contributed by atoms with Gasteiger partial charge in [-0.3, -0.25) is 19.0 Å². The van der Waals surface area contributed by atoms with Crippen LogP contribution in [-0.2, 0) is 11.9 Å². The second-order valence-corrected chi connectivity index (χ2v) is 4.70. The molecular weight excluding hydrogens is 306 g/mol. The highest BCUT2D eigenvalue weighted by Gasteiger charge is 2.39. The smallest absolute Gasteiger partial charge is 0.324 e. The van der Waals surface area contributed by atoms with Gasteiger partial charge in [0, 0.05) is 13.2 Å². The van der Waals surface area contributed by atoms with Crippen LogP contribution in [0.15, 0.2) is 40.1 Å². The van der Waals surface area contributed by atoms with Gasteiger partial charge in [0.25, 0.3) is 17.4 Å². The Bertz CT molecular complexity index is 936. The molecule has 116 valence electrons. The van der Waals surface area contributed by atoms with Crippen molar-refractivity contribution in [3.8, 4) is 0 Å². The predicted octanol–water partition coefficient (Wildman–Crippen LogP) is -0.558. The van der Waals surface area contributed by atoms with Gasteiger partial charge in [0.1, 0.15) is 5.56 Å². The standard InChI is InChI=1S/C14H9N3O6/c1-16-10(18)9(6-15-14(16)22)13(21)23-17-11(19)7-4-2-3-5-8(7)12(17)20/h2-6H,1H3,(H,15,22). The molecule has 2 heterocycles. The van der Waals surface area contributed by atoms with Crippen molar-refractivity contribution in [3.05, 3.63) is 68.0 Å². The van der Waals surface area contributed by atoms with Crippen LogP contribution in [0, 0.1) is 0 Å². The van der Waals surface area contributed by atoms with Gasteiger partial charge in [0.2, 0.25) is 0 Å². The van der Waals surface area contributed by atoms with E-state index in [-0.39, 0.29) is 16.2 Å². The van der Waals surface area contributed by atoms with Crippen LogP contribution in [0.4, 0.5) is 0 Å². The summed E-state index contributed by atoms with van der Waals surface area (Å²) in [4.78, 5) is 66.2. The van der Waals surface area contributed by atoms with E-state index in [1.54, 1.807) is 12.1 Å². The lowest BCUT2D eigenvalue weighted by Crippen LogP contribution is -2.39. The quantitative estimate of drug-likeness (QED) is 0.742. The van der Waals surface area contributed by atoms with Crippen LogP contribution in [-0.4, -0.2) is 32.4 Å². The highest BCUT2D eigenvalue weighted by Crippen LogP contribution is 2.22. The molecule has 0 saturated carbocycles. The van der Waals surface area contributed by atoms with Gasteiger partial charge in [-0.15, -0.1) is 0 Å². The molecule has 0 spiro atoms. The van der Waals surface area contributed by atoms with E-state index in [0.717, 1.165) is 6.20 Å². The number of imide groups is 1. The summed E-state index contributed by atoms with van der Waals surface area (Å²) in [6.07, 6.45) is 0.866. The van der Waals surface area contributed by atoms with Crippen LogP contribution in [0.5, 0.6) is 0 Å². The first kappa shape index (κ1) is 14.4. The number of rotatable bonds is 2. The molecule has 0 bridgehead atoms. The molecule has 0 aliphatic carbocycles. The van der Waals surface area contributed by atoms with Crippen molar-refractivity contribution in [3.63, 3.8) is 0 Å². The molecule has 1 aliphatic heterocycles. The molecule has 1 N–H and O–H groups in total. The van der Waals surface area contributed by atoms with Gasteiger partial charge < -0.3 is 9.82 Å². The van der Waals surface area contributed by atoms with E-state index >= 15 is 0 Å². The summed E-state index contributed by atoms with van der Waals surface area (Å²) in [5.41, 5.74) is -1.94. The highest BCUT2D eigenvalue weighted by molar-refractivity contribution is 6.21. The van der Waals surface area contributed by atoms with Gasteiger partial charge in [-0.2, -0.15) is 0 Å². The average molecular weight is 315 g/mol. The lowest BCUT2D eigenvalue weighted by molar-refractivity contribution is -0.0586. The van der Waals surface area contributed by atoms with Crippen LogP contribution in [0.3, 0.4) is 0 Å². The first-order chi connectivity index (χ1) is 10.9. The normalized spacial score (nSPS) is 13.2. The van der Waals surface area contributed by atoms with Crippen molar-refractivity contribution in [2.75, 3.05) is 0 Å². The van der Waals surface area contributed by atoms with Gasteiger partial charge >= 0.3 is 11.7 Å². The summed E-state index contributed by atoms with van der Waals surface area (Å²) in [6, 6.07) is 5.96. The Morgan fingerprint density at radius 3 is 2.17 bits per heavy atom. The number of benzene rings is 1. The third-order valence-electron chi connectivity index (χ3n) is 3.33. The summed E-state index contributed by atoms with van der Waals surface area (Å²) < 4.78 is 0.666. The Hall–Kier alpha value is -3.49. The summed E-state index contributed by atoms with van der Waals surface area (Å²) in [6.45, 7) is 0. The molecule has 2 amide bonds. The fourth-order valence-corrected chi connectivity index (χ4v) is 2.09. The Morgan fingerprint density at radius 1 is 1.04 bits per heavy atom. The summed E-state index contributed by atoms with van der Waals surface area (Å²) in [5, 5.41) is 0.289. The molecule has 0 fully saturated rings. The first-order valence-corrected chi connectivity index (χ1v) is 6.40. The summed E-state index contributed by atoms with van der Waals surface area (Å²) in [7, 11) is 1.17. The second kappa shape index (κ2) is 5.05. The predicted molar refractivity (Wildman–Crippen MR) is 74.7 cm³/mol. The van der Waals surface area contributed by atoms with E-state index in [2.05, 4.69) is 4.98 Å². The van der Waals surface area contributed by atoms with Crippen molar-refractivity contribution in [2.24, 2.45) is 7.05 Å². The summed E-state index contributed by atoms with van der Waals surface area (Å²) in [5.74, 6) is -2.84. The monoisotopic (exact) mass is 315 g/mol. The molecule has 23 heavy (non-hydrogen) atoms. The maximum atomic E-state index is 12.1. The number of carbonyl (C=O) groups excluding carboxylic acids is 3. The molecule has 9 nitrogen and oxygen atoms in total. The minimum Gasteiger partial charge on any atom is -0.324 e. The van der Waals surface area contributed by atoms with Gasteiger partial charge in [-0.1, -0.05) is 17.2 Å². The van der Waals surface area contributed by atoms with E-state index < -0.39 is 34.6 Å². The third-order valence-corrected chi connectivity index (χ3v) is 3.33. The fourth-order valence-electron chi connectivity index (χ4n) is 2.09. The Labute approximate surface area is 127 Å². The zero-order valence-electron chi connectivity index (χ0n) is 11.7. The molecule has 2 aromatic rings. The number of nitrogens with zero attached hydrogens (tertiary/aromatic N) is 2. The van der Waals surface area contributed by atoms with Gasteiger partial charge in [0.05, 0.1) is 11.1 Å². The molecule has 9 heteroatoms. The minimum absolute atomic E-state index is 0.0969. The molecule has 0 atom stereocenters. The lowest BCUT2D eigenvalue weighted by Gasteiger charge is -2.12. The van der Waals surface area contributed by atoms with Crippen molar-refractivity contribution in [2.45, 2.75) is 0 Å². The number of carbonyl (C=O) groups is 3. The molecule has 1 aromatic carbocycles. The van der Waals surface area contributed by atoms with Crippen LogP contribution in [0.25, 0.3) is 0 Å². The van der Waals surface area contributed by atoms with Gasteiger partial charge in [0.15, 0.2) is 0 Å². The molecule has 0 radical (unpaired) electrons. The second-order valence-electron chi connectivity index (χ2n) is 4.70. The molecular formula is C14H9N3O6. The summed E-state index contributed by atoms with van der Waals surface area (Å²) >= 11 is 0. The molecule has 3 rings (SSSR count). The van der Waals surface area contributed by atoms with E-state index in [4.69, 9.17) is 4.84 Å². The molecule has 1 aromatic heterocycles. The number of hydrogen-bond donors (Lipinski definition) is 1. The van der Waals surface area contributed by atoms with E-state index in [0.29, 0.717) is 4.57 Å². The lowest BCUT2D eigenvalue weighted by atomic mass is 10.1. The van der Waals surface area contributed by atoms with Crippen molar-refractivity contribution in [1.29, 1.82) is 0 Å². The highest BCUT2D eigenvalue weighted by atomic mass is 16.7. The van der Waals surface area contributed by atoms with Crippen molar-refractivity contribution < 1.29 is 19.2 Å². The Kier molecular flexibility index (Phi) is 3.17. The van der Waals surface area contributed by atoms with Crippen LogP contribution >= 0.6 is 0 Å². The average Bonchev–Trinajstić information content (AvgIpc) is 2.78. The maximum Gasteiger partial charge on any atom is 0.371 e. The first-order valence-electron chi connectivity index (χ1n) is 6.40. The number of aromatic nitrogens is 2. The number of aromatic amines is 1. The Balaban J connectivity index is 1.92. The zero-order chi connectivity index (χ0) is 16.7. The number of hydroxylamine groups is 2. The molecule has 1 aliphatic rings. The zero-order valence-corrected chi connectivity index (χ0v) is 11.7. The van der Waals surface area contributed by atoms with E-state index in [9.17, 15) is 24.0 Å². The fraction of sp³-hybridized carbons (Fsp3) is 0.0714. The number of hydrogen-bond acceptors (Lipinski definition) is 6. The SMILES string of the molecule is Cn1c(=O)[nH]cc(C(=O)ON2C(=O)c3ccccc3C2=O)c1=O. The largest absolute Gasteiger partial charge is 0.371 e. The third kappa shape index (κ3) is 2.14. The van der Waals surface area contributed by atoms with Gasteiger partial charge in [-0.25, -0.2) is 9.59 Å².